The van der Waals surface area contributed by atoms with E-state index in [1.807, 2.05) is 31.2 Å². The Bertz CT molecular complexity index is 1110. The molecule has 166 valence electrons. The number of halogens is 3. The van der Waals surface area contributed by atoms with E-state index in [0.29, 0.717) is 44.2 Å². The van der Waals surface area contributed by atoms with Crippen molar-refractivity contribution >= 4 is 69.4 Å². The zero-order valence-corrected chi connectivity index (χ0v) is 19.6. The van der Waals surface area contributed by atoms with Crippen molar-refractivity contribution in [3.8, 4) is 0 Å². The molecule has 3 rings (SSSR count). The number of rotatable bonds is 8. The molecule has 0 aromatic heterocycles. The number of amides is 2. The summed E-state index contributed by atoms with van der Waals surface area (Å²) in [5, 5.41) is 10.2. The second-order valence-electron chi connectivity index (χ2n) is 7.10. The Kier molecular flexibility index (Phi) is 8.39. The van der Waals surface area contributed by atoms with Gasteiger partial charge >= 0.3 is 0 Å². The molecule has 0 bridgehead atoms. The van der Waals surface area contributed by atoms with Gasteiger partial charge in [-0.25, -0.2) is 0 Å². The summed E-state index contributed by atoms with van der Waals surface area (Å²) >= 11 is 18.8. The first kappa shape index (κ1) is 23.9. The molecule has 0 aliphatic rings. The van der Waals surface area contributed by atoms with Crippen molar-refractivity contribution in [2.45, 2.75) is 26.2 Å². The van der Waals surface area contributed by atoms with Crippen LogP contribution in [0.3, 0.4) is 0 Å². The van der Waals surface area contributed by atoms with Crippen molar-refractivity contribution in [1.29, 1.82) is 0 Å². The van der Waals surface area contributed by atoms with Crippen LogP contribution >= 0.6 is 34.8 Å². The van der Waals surface area contributed by atoms with Crippen LogP contribution < -0.4 is 16.0 Å². The van der Waals surface area contributed by atoms with Gasteiger partial charge in [-0.3, -0.25) is 9.59 Å². The Morgan fingerprint density at radius 1 is 0.781 bits per heavy atom. The van der Waals surface area contributed by atoms with E-state index < -0.39 is 0 Å². The second kappa shape index (κ2) is 11.2. The molecule has 0 atom stereocenters. The monoisotopic (exact) mass is 489 g/mol. The van der Waals surface area contributed by atoms with E-state index in [9.17, 15) is 9.59 Å². The van der Waals surface area contributed by atoms with Crippen molar-refractivity contribution < 1.29 is 9.59 Å². The van der Waals surface area contributed by atoms with Gasteiger partial charge in [0, 0.05) is 17.8 Å². The number of para-hydroxylation sites is 2. The van der Waals surface area contributed by atoms with E-state index in [-0.39, 0.29) is 18.2 Å². The molecule has 0 unspecified atom stereocenters. The van der Waals surface area contributed by atoms with Crippen LogP contribution in [0, 0.1) is 0 Å². The van der Waals surface area contributed by atoms with Gasteiger partial charge in [-0.05, 0) is 48.4 Å². The van der Waals surface area contributed by atoms with Crippen LogP contribution in [0.1, 0.15) is 25.3 Å². The molecule has 32 heavy (non-hydrogen) atoms. The SMILES string of the molecule is CCCC(=O)Nc1ccc(Cl)c(NC(=O)Cc2ccccc2Nc2c(Cl)cccc2Cl)c1. The standard InChI is InChI=1S/C24H22Cl3N3O2/c1-2-6-22(31)28-16-11-12-17(25)21(14-16)29-23(32)13-15-7-3-4-10-20(15)30-24-18(26)8-5-9-19(24)27/h3-5,7-12,14,30H,2,6,13H2,1H3,(H,28,31)(H,29,32). The first-order chi connectivity index (χ1) is 15.4. The highest BCUT2D eigenvalue weighted by Gasteiger charge is 2.13. The summed E-state index contributed by atoms with van der Waals surface area (Å²) in [5.74, 6) is -0.353. The first-order valence-corrected chi connectivity index (χ1v) is 11.2. The van der Waals surface area contributed by atoms with Crippen LogP contribution in [0.15, 0.2) is 60.7 Å². The van der Waals surface area contributed by atoms with E-state index in [1.165, 1.54) is 0 Å². The summed E-state index contributed by atoms with van der Waals surface area (Å²) in [5.41, 5.74) is 3.03. The quantitative estimate of drug-likeness (QED) is 0.310. The van der Waals surface area contributed by atoms with E-state index >= 15 is 0 Å². The van der Waals surface area contributed by atoms with Gasteiger partial charge in [-0.15, -0.1) is 0 Å². The maximum atomic E-state index is 12.8. The predicted molar refractivity (Wildman–Crippen MR) is 134 cm³/mol. The molecule has 0 saturated heterocycles. The van der Waals surface area contributed by atoms with Crippen LogP contribution in [0.2, 0.25) is 15.1 Å². The molecule has 0 saturated carbocycles. The molecule has 0 radical (unpaired) electrons. The summed E-state index contributed by atoms with van der Waals surface area (Å²) < 4.78 is 0. The largest absolute Gasteiger partial charge is 0.353 e. The summed E-state index contributed by atoms with van der Waals surface area (Å²) in [6.45, 7) is 1.93. The van der Waals surface area contributed by atoms with Crippen LogP contribution in [0.25, 0.3) is 0 Å². The summed E-state index contributed by atoms with van der Waals surface area (Å²) in [6.07, 6.45) is 1.26. The van der Waals surface area contributed by atoms with E-state index in [0.717, 1.165) is 12.0 Å². The van der Waals surface area contributed by atoms with Gasteiger partial charge < -0.3 is 16.0 Å². The van der Waals surface area contributed by atoms with Crippen molar-refractivity contribution in [2.24, 2.45) is 0 Å². The van der Waals surface area contributed by atoms with E-state index in [2.05, 4.69) is 16.0 Å². The van der Waals surface area contributed by atoms with Gasteiger partial charge in [-0.1, -0.05) is 66.0 Å². The molecule has 0 aliphatic carbocycles. The van der Waals surface area contributed by atoms with Crippen LogP contribution in [-0.2, 0) is 16.0 Å². The van der Waals surface area contributed by atoms with Crippen LogP contribution in [-0.4, -0.2) is 11.8 Å². The minimum atomic E-state index is -0.261. The number of carbonyl (C=O) groups excluding carboxylic acids is 2. The second-order valence-corrected chi connectivity index (χ2v) is 8.32. The zero-order valence-electron chi connectivity index (χ0n) is 17.3. The molecule has 5 nitrogen and oxygen atoms in total. The predicted octanol–water partition coefficient (Wildman–Crippen LogP) is 7.31. The van der Waals surface area contributed by atoms with Crippen molar-refractivity contribution in [2.75, 3.05) is 16.0 Å². The molecule has 0 aliphatic heterocycles. The molecular weight excluding hydrogens is 469 g/mol. The third kappa shape index (κ3) is 6.39. The lowest BCUT2D eigenvalue weighted by Gasteiger charge is -2.15. The lowest BCUT2D eigenvalue weighted by Crippen LogP contribution is -2.16. The van der Waals surface area contributed by atoms with Crippen LogP contribution in [0.4, 0.5) is 22.7 Å². The topological polar surface area (TPSA) is 70.2 Å². The highest BCUT2D eigenvalue weighted by atomic mass is 35.5. The average molecular weight is 491 g/mol. The maximum absolute atomic E-state index is 12.8. The minimum absolute atomic E-state index is 0.0913. The minimum Gasteiger partial charge on any atom is -0.353 e. The van der Waals surface area contributed by atoms with Gasteiger partial charge in [-0.2, -0.15) is 0 Å². The summed E-state index contributed by atoms with van der Waals surface area (Å²) in [7, 11) is 0. The Hall–Kier alpha value is -2.73. The van der Waals surface area contributed by atoms with Crippen molar-refractivity contribution in [3.63, 3.8) is 0 Å². The molecule has 8 heteroatoms. The Morgan fingerprint density at radius 2 is 1.50 bits per heavy atom. The molecule has 0 fully saturated rings. The molecule has 0 heterocycles. The average Bonchev–Trinajstić information content (AvgIpc) is 2.74. The third-order valence-electron chi connectivity index (χ3n) is 4.59. The lowest BCUT2D eigenvalue weighted by atomic mass is 10.1. The van der Waals surface area contributed by atoms with Gasteiger partial charge in [0.15, 0.2) is 0 Å². The fourth-order valence-electron chi connectivity index (χ4n) is 3.07. The smallest absolute Gasteiger partial charge is 0.228 e. The number of hydrogen-bond acceptors (Lipinski definition) is 3. The Morgan fingerprint density at radius 3 is 2.22 bits per heavy atom. The summed E-state index contributed by atoms with van der Waals surface area (Å²) in [4.78, 5) is 24.6. The lowest BCUT2D eigenvalue weighted by molar-refractivity contribution is -0.116. The molecule has 2 amide bonds. The zero-order chi connectivity index (χ0) is 23.1. The van der Waals surface area contributed by atoms with E-state index in [4.69, 9.17) is 34.8 Å². The fraction of sp³-hybridized carbons (Fsp3) is 0.167. The van der Waals surface area contributed by atoms with Crippen molar-refractivity contribution in [1.82, 2.24) is 0 Å². The summed E-state index contributed by atoms with van der Waals surface area (Å²) in [6, 6.07) is 17.6. The molecule has 3 N–H and O–H groups in total. The first-order valence-electron chi connectivity index (χ1n) is 10.1. The maximum Gasteiger partial charge on any atom is 0.228 e. The molecule has 0 spiro atoms. The van der Waals surface area contributed by atoms with Gasteiger partial charge in [0.25, 0.3) is 0 Å². The van der Waals surface area contributed by atoms with Gasteiger partial charge in [0.05, 0.1) is 32.9 Å². The number of benzene rings is 3. The highest BCUT2D eigenvalue weighted by molar-refractivity contribution is 6.39. The molecule has 3 aromatic rings. The molecular formula is C24H22Cl3N3O2. The van der Waals surface area contributed by atoms with Gasteiger partial charge in [0.2, 0.25) is 11.8 Å². The van der Waals surface area contributed by atoms with Gasteiger partial charge in [0.1, 0.15) is 0 Å². The van der Waals surface area contributed by atoms with E-state index in [1.54, 1.807) is 36.4 Å². The van der Waals surface area contributed by atoms with Crippen molar-refractivity contribution in [3.05, 3.63) is 81.3 Å². The Balaban J connectivity index is 1.74. The molecule has 3 aromatic carbocycles. The fourth-order valence-corrected chi connectivity index (χ4v) is 3.72. The number of anilines is 4. The number of hydrogen-bond donors (Lipinski definition) is 3. The number of carbonyl (C=O) groups is 2. The highest BCUT2D eigenvalue weighted by Crippen LogP contribution is 2.34. The van der Waals surface area contributed by atoms with Crippen LogP contribution in [0.5, 0.6) is 0 Å². The number of nitrogens with one attached hydrogen (secondary N) is 3. The normalized spacial score (nSPS) is 10.5. The Labute approximate surface area is 202 Å². The third-order valence-corrected chi connectivity index (χ3v) is 5.55.